The molecule has 124 valence electrons. The molecule has 0 bridgehead atoms. The number of Topliss-reactive ketones (excluding diaryl/α,β-unsaturated/α-hetero) is 1. The molecule has 0 aliphatic rings. The number of carbonyl (C=O) groups is 1. The highest BCUT2D eigenvalue weighted by molar-refractivity contribution is 6.11. The van der Waals surface area contributed by atoms with Crippen molar-refractivity contribution in [1.82, 2.24) is 9.97 Å². The van der Waals surface area contributed by atoms with E-state index in [1.165, 1.54) is 6.33 Å². The minimum Gasteiger partial charge on any atom is -0.442 e. The first-order valence-electron chi connectivity index (χ1n) is 7.88. The van der Waals surface area contributed by atoms with Gasteiger partial charge in [-0.25, -0.2) is 9.97 Å². The van der Waals surface area contributed by atoms with Crippen LogP contribution in [-0.2, 0) is 6.42 Å². The number of rotatable bonds is 6. The first-order chi connectivity index (χ1) is 11.6. The van der Waals surface area contributed by atoms with Crippen molar-refractivity contribution < 1.29 is 14.3 Å². The van der Waals surface area contributed by atoms with E-state index in [1.807, 2.05) is 31.2 Å². The van der Waals surface area contributed by atoms with Gasteiger partial charge in [0.1, 0.15) is 17.9 Å². The van der Waals surface area contributed by atoms with Crippen molar-refractivity contribution >= 4 is 28.4 Å². The van der Waals surface area contributed by atoms with Crippen LogP contribution in [0.25, 0.3) is 11.1 Å². The van der Waals surface area contributed by atoms with Crippen LogP contribution < -0.4 is 5.32 Å². The number of anilines is 2. The Hall–Kier alpha value is -2.73. The first kappa shape index (κ1) is 16.1. The second-order valence-electron chi connectivity index (χ2n) is 5.51. The number of furan rings is 1. The Morgan fingerprint density at radius 3 is 2.67 bits per heavy atom. The molecule has 0 saturated carbocycles. The number of aromatic nitrogens is 2. The topological polar surface area (TPSA) is 88.2 Å². The number of hydrogen-bond donors (Lipinski definition) is 2. The molecular formula is C18H19N3O3. The third kappa shape index (κ3) is 3.00. The number of ketones is 1. The van der Waals surface area contributed by atoms with E-state index in [9.17, 15) is 4.79 Å². The van der Waals surface area contributed by atoms with E-state index in [0.29, 0.717) is 41.1 Å². The van der Waals surface area contributed by atoms with Crippen molar-refractivity contribution in [1.29, 1.82) is 0 Å². The molecule has 2 N–H and O–H groups in total. The van der Waals surface area contributed by atoms with Crippen LogP contribution in [0.1, 0.15) is 35.0 Å². The Kier molecular flexibility index (Phi) is 4.57. The summed E-state index contributed by atoms with van der Waals surface area (Å²) in [7, 11) is 0. The van der Waals surface area contributed by atoms with E-state index in [1.54, 1.807) is 6.92 Å². The number of aliphatic hydroxyl groups excluding tert-OH is 1. The summed E-state index contributed by atoms with van der Waals surface area (Å²) in [6.07, 6.45) is 2.42. The molecule has 0 radical (unpaired) electrons. The molecule has 0 amide bonds. The molecule has 2 aromatic heterocycles. The highest BCUT2D eigenvalue weighted by Crippen LogP contribution is 2.31. The quantitative estimate of drug-likeness (QED) is 0.675. The third-order valence-corrected chi connectivity index (χ3v) is 3.88. The van der Waals surface area contributed by atoms with Gasteiger partial charge in [-0.3, -0.25) is 4.79 Å². The molecule has 3 rings (SSSR count). The maximum absolute atomic E-state index is 12.3. The van der Waals surface area contributed by atoms with Gasteiger partial charge in [0.15, 0.2) is 5.78 Å². The van der Waals surface area contributed by atoms with Gasteiger partial charge in [-0.15, -0.1) is 0 Å². The number of carbonyl (C=O) groups excluding carboxylic acids is 1. The van der Waals surface area contributed by atoms with Crippen LogP contribution in [0.3, 0.4) is 0 Å². The summed E-state index contributed by atoms with van der Waals surface area (Å²) in [4.78, 5) is 20.7. The number of benzene rings is 1. The van der Waals surface area contributed by atoms with E-state index in [-0.39, 0.29) is 12.4 Å². The zero-order valence-electron chi connectivity index (χ0n) is 13.7. The maximum atomic E-state index is 12.3. The molecule has 0 aliphatic carbocycles. The number of nitrogens with one attached hydrogen (secondary N) is 1. The molecule has 0 atom stereocenters. The van der Waals surface area contributed by atoms with Crippen LogP contribution in [0.5, 0.6) is 0 Å². The predicted molar refractivity (Wildman–Crippen MR) is 91.7 cm³/mol. The summed E-state index contributed by atoms with van der Waals surface area (Å²) >= 11 is 0. The van der Waals surface area contributed by atoms with Gasteiger partial charge in [-0.2, -0.15) is 0 Å². The zero-order chi connectivity index (χ0) is 17.1. The monoisotopic (exact) mass is 325 g/mol. The molecule has 6 heteroatoms. The fourth-order valence-corrected chi connectivity index (χ4v) is 2.67. The summed E-state index contributed by atoms with van der Waals surface area (Å²) in [6.45, 7) is 3.70. The minimum absolute atomic E-state index is 0.00222. The van der Waals surface area contributed by atoms with Crippen LogP contribution in [0.4, 0.5) is 11.5 Å². The highest BCUT2D eigenvalue weighted by atomic mass is 16.3. The Labute approximate surface area is 139 Å². The van der Waals surface area contributed by atoms with Gasteiger partial charge < -0.3 is 14.8 Å². The summed E-state index contributed by atoms with van der Waals surface area (Å²) in [5.41, 5.74) is 2.83. The minimum atomic E-state index is 0.00222. The fourth-order valence-electron chi connectivity index (χ4n) is 2.67. The van der Waals surface area contributed by atoms with Crippen molar-refractivity contribution in [2.75, 3.05) is 11.9 Å². The van der Waals surface area contributed by atoms with Crippen LogP contribution in [0, 0.1) is 6.92 Å². The van der Waals surface area contributed by atoms with Gasteiger partial charge in [0, 0.05) is 18.7 Å². The third-order valence-electron chi connectivity index (χ3n) is 3.88. The number of nitrogens with zero attached hydrogens (tertiary/aromatic N) is 2. The second-order valence-corrected chi connectivity index (χ2v) is 5.51. The average molecular weight is 325 g/mol. The van der Waals surface area contributed by atoms with Crippen LogP contribution in [0.2, 0.25) is 0 Å². The Morgan fingerprint density at radius 2 is 2.00 bits per heavy atom. The summed E-state index contributed by atoms with van der Waals surface area (Å²) in [5.74, 6) is 1.10. The van der Waals surface area contributed by atoms with Crippen molar-refractivity contribution in [2.24, 2.45) is 0 Å². The van der Waals surface area contributed by atoms with E-state index < -0.39 is 0 Å². The molecule has 1 aromatic carbocycles. The Morgan fingerprint density at radius 1 is 1.25 bits per heavy atom. The lowest BCUT2D eigenvalue weighted by Gasteiger charge is -2.08. The highest BCUT2D eigenvalue weighted by Gasteiger charge is 2.21. The molecule has 0 unspecified atom stereocenters. The summed E-state index contributed by atoms with van der Waals surface area (Å²) < 4.78 is 5.61. The number of fused-ring (bicyclic) bond motifs is 1. The predicted octanol–water partition coefficient (Wildman–Crippen LogP) is 3.40. The van der Waals surface area contributed by atoms with Gasteiger partial charge in [-0.05, 0) is 31.0 Å². The Bertz CT molecular complexity index is 869. The lowest BCUT2D eigenvalue weighted by Crippen LogP contribution is -2.01. The van der Waals surface area contributed by atoms with Crippen molar-refractivity contribution in [2.45, 2.75) is 26.7 Å². The van der Waals surface area contributed by atoms with E-state index in [4.69, 9.17) is 9.52 Å². The fraction of sp³-hybridized carbons (Fsp3) is 0.278. The van der Waals surface area contributed by atoms with Gasteiger partial charge >= 0.3 is 0 Å². The molecule has 0 fully saturated rings. The van der Waals surface area contributed by atoms with Crippen LogP contribution >= 0.6 is 0 Å². The Balaban J connectivity index is 2.01. The van der Waals surface area contributed by atoms with Crippen molar-refractivity contribution in [3.63, 3.8) is 0 Å². The normalized spacial score (nSPS) is 11.0. The van der Waals surface area contributed by atoms with Crippen LogP contribution in [0.15, 0.2) is 35.0 Å². The van der Waals surface area contributed by atoms with E-state index in [0.717, 1.165) is 11.3 Å². The molecule has 0 spiro atoms. The SMILES string of the molecule is CCC(=O)c1c(C)oc2ncnc(Nc3ccc(CCO)cc3)c12. The summed E-state index contributed by atoms with van der Waals surface area (Å²) in [6, 6.07) is 7.70. The van der Waals surface area contributed by atoms with Gasteiger partial charge in [0.2, 0.25) is 5.71 Å². The van der Waals surface area contributed by atoms with Crippen LogP contribution in [-0.4, -0.2) is 27.5 Å². The lowest BCUT2D eigenvalue weighted by atomic mass is 10.1. The largest absolute Gasteiger partial charge is 0.442 e. The standard InChI is InChI=1S/C18H19N3O3/c1-3-14(23)15-11(2)24-18-16(15)17(19-10-20-18)21-13-6-4-12(5-7-13)8-9-22/h4-7,10,22H,3,8-9H2,1-2H3,(H,19,20,21). The number of aryl methyl sites for hydroxylation is 1. The molecule has 0 saturated heterocycles. The molecule has 6 nitrogen and oxygen atoms in total. The number of aliphatic hydroxyl groups is 1. The first-order valence-corrected chi connectivity index (χ1v) is 7.88. The molecule has 0 aliphatic heterocycles. The smallest absolute Gasteiger partial charge is 0.232 e. The van der Waals surface area contributed by atoms with E-state index in [2.05, 4.69) is 15.3 Å². The number of hydrogen-bond acceptors (Lipinski definition) is 6. The van der Waals surface area contributed by atoms with Crippen molar-refractivity contribution in [3.05, 3.63) is 47.5 Å². The van der Waals surface area contributed by atoms with E-state index >= 15 is 0 Å². The molecule has 24 heavy (non-hydrogen) atoms. The van der Waals surface area contributed by atoms with Gasteiger partial charge in [0.05, 0.1) is 10.9 Å². The molecule has 3 aromatic rings. The molecule has 2 heterocycles. The zero-order valence-corrected chi connectivity index (χ0v) is 13.7. The lowest BCUT2D eigenvalue weighted by molar-refractivity contribution is 0.0988. The average Bonchev–Trinajstić information content (AvgIpc) is 2.93. The van der Waals surface area contributed by atoms with Crippen molar-refractivity contribution in [3.8, 4) is 0 Å². The van der Waals surface area contributed by atoms with Gasteiger partial charge in [0.25, 0.3) is 0 Å². The molecular weight excluding hydrogens is 306 g/mol. The maximum Gasteiger partial charge on any atom is 0.232 e. The summed E-state index contributed by atoms with van der Waals surface area (Å²) in [5, 5.41) is 12.8. The van der Waals surface area contributed by atoms with Gasteiger partial charge in [-0.1, -0.05) is 19.1 Å². The second kappa shape index (κ2) is 6.80.